The van der Waals surface area contributed by atoms with Gasteiger partial charge in [0, 0.05) is 5.56 Å². The second-order valence-corrected chi connectivity index (χ2v) is 4.50. The number of halogens is 1. The zero-order valence-corrected chi connectivity index (χ0v) is 10.6. The van der Waals surface area contributed by atoms with Crippen molar-refractivity contribution in [3.8, 4) is 17.3 Å². The molecule has 0 bridgehead atoms. The number of rotatable bonds is 1. The Kier molecular flexibility index (Phi) is 2.95. The van der Waals surface area contributed by atoms with Crippen LogP contribution in [0.2, 0.25) is 0 Å². The molecule has 2 aromatic rings. The number of aromatic nitrogens is 2. The van der Waals surface area contributed by atoms with Crippen molar-refractivity contribution in [3.63, 3.8) is 0 Å². The van der Waals surface area contributed by atoms with Crippen LogP contribution in [0.4, 0.5) is 0 Å². The van der Waals surface area contributed by atoms with Gasteiger partial charge in [-0.1, -0.05) is 23.8 Å². The Bertz CT molecular complexity index is 593. The lowest BCUT2D eigenvalue weighted by Crippen LogP contribution is -2.12. The summed E-state index contributed by atoms with van der Waals surface area (Å²) in [7, 11) is 0. The van der Waals surface area contributed by atoms with Crippen molar-refractivity contribution in [2.75, 3.05) is 0 Å². The van der Waals surface area contributed by atoms with Crippen LogP contribution in [0, 0.1) is 10.5 Å². The van der Waals surface area contributed by atoms with Gasteiger partial charge in [-0.3, -0.25) is 4.79 Å². The number of hydrogen-bond donors (Lipinski definition) is 2. The van der Waals surface area contributed by atoms with E-state index in [-0.39, 0.29) is 15.0 Å². The van der Waals surface area contributed by atoms with E-state index in [1.54, 1.807) is 22.6 Å². The van der Waals surface area contributed by atoms with Gasteiger partial charge in [-0.05, 0) is 35.6 Å². The number of nitrogens with one attached hydrogen (secondary N) is 1. The van der Waals surface area contributed by atoms with Crippen LogP contribution in [0.25, 0.3) is 11.4 Å². The van der Waals surface area contributed by atoms with Crippen molar-refractivity contribution in [3.05, 3.63) is 43.8 Å². The smallest absolute Gasteiger partial charge is 0.268 e. The molecule has 0 amide bonds. The summed E-state index contributed by atoms with van der Waals surface area (Å²) in [5.41, 5.74) is 1.52. The van der Waals surface area contributed by atoms with Gasteiger partial charge in [-0.25, -0.2) is 0 Å². The van der Waals surface area contributed by atoms with Gasteiger partial charge >= 0.3 is 0 Å². The molecule has 1 aromatic heterocycles. The highest BCUT2D eigenvalue weighted by molar-refractivity contribution is 14.1. The molecule has 0 saturated carbocycles. The van der Waals surface area contributed by atoms with E-state index in [0.29, 0.717) is 5.82 Å². The Morgan fingerprint density at radius 2 is 2.19 bits per heavy atom. The van der Waals surface area contributed by atoms with Crippen molar-refractivity contribution < 1.29 is 5.11 Å². The first-order chi connectivity index (χ1) is 7.58. The molecule has 0 radical (unpaired) electrons. The van der Waals surface area contributed by atoms with E-state index in [1.807, 2.05) is 31.2 Å². The van der Waals surface area contributed by atoms with E-state index in [1.165, 1.54) is 0 Å². The molecule has 0 unspecified atom stereocenters. The number of aromatic amines is 1. The summed E-state index contributed by atoms with van der Waals surface area (Å²) in [5, 5.41) is 9.47. The van der Waals surface area contributed by atoms with Crippen molar-refractivity contribution in [2.24, 2.45) is 0 Å². The van der Waals surface area contributed by atoms with E-state index >= 15 is 0 Å². The minimum atomic E-state index is -0.329. The lowest BCUT2D eigenvalue weighted by Gasteiger charge is -2.03. The number of hydrogen-bond acceptors (Lipinski definition) is 3. The number of aryl methyl sites for hydroxylation is 1. The van der Waals surface area contributed by atoms with Gasteiger partial charge in [-0.15, -0.1) is 0 Å². The molecule has 82 valence electrons. The fraction of sp³-hybridized carbons (Fsp3) is 0.0909. The second-order valence-electron chi connectivity index (χ2n) is 3.42. The van der Waals surface area contributed by atoms with Crippen LogP contribution in [0.1, 0.15) is 5.56 Å². The molecule has 0 fully saturated rings. The number of nitrogens with zero attached hydrogens (tertiary/aromatic N) is 1. The third-order valence-electron chi connectivity index (χ3n) is 2.14. The molecule has 2 rings (SSSR count). The maximum Gasteiger partial charge on any atom is 0.268 e. The molecule has 0 aliphatic rings. The highest BCUT2D eigenvalue weighted by Gasteiger charge is 2.08. The normalized spacial score (nSPS) is 10.4. The largest absolute Gasteiger partial charge is 0.492 e. The van der Waals surface area contributed by atoms with Gasteiger partial charge < -0.3 is 10.1 Å². The highest BCUT2D eigenvalue weighted by atomic mass is 127. The average Bonchev–Trinajstić information content (AvgIpc) is 2.25. The predicted molar refractivity (Wildman–Crippen MR) is 69.4 cm³/mol. The second kappa shape index (κ2) is 4.25. The SMILES string of the molecule is Cc1cccc(-c2nc(O)c(I)c(=O)[nH]2)c1. The van der Waals surface area contributed by atoms with Crippen LogP contribution in [-0.2, 0) is 0 Å². The summed E-state index contributed by atoms with van der Waals surface area (Å²) in [6.07, 6.45) is 0. The molecule has 5 heteroatoms. The predicted octanol–water partition coefficient (Wildman–Crippen LogP) is 2.06. The van der Waals surface area contributed by atoms with Gasteiger partial charge in [0.2, 0.25) is 5.88 Å². The topological polar surface area (TPSA) is 66.0 Å². The first-order valence-corrected chi connectivity index (χ1v) is 5.71. The number of aromatic hydroxyl groups is 1. The van der Waals surface area contributed by atoms with E-state index in [0.717, 1.165) is 11.1 Å². The molecule has 0 atom stereocenters. The van der Waals surface area contributed by atoms with Gasteiger partial charge in [0.15, 0.2) is 0 Å². The first-order valence-electron chi connectivity index (χ1n) is 4.64. The third kappa shape index (κ3) is 2.08. The van der Waals surface area contributed by atoms with Gasteiger partial charge in [0.25, 0.3) is 5.56 Å². The van der Waals surface area contributed by atoms with Crippen LogP contribution in [0.15, 0.2) is 29.1 Å². The molecule has 1 heterocycles. The summed E-state index contributed by atoms with van der Waals surface area (Å²) >= 11 is 1.76. The molecule has 0 aliphatic heterocycles. The average molecular weight is 328 g/mol. The Morgan fingerprint density at radius 1 is 1.44 bits per heavy atom. The van der Waals surface area contributed by atoms with Crippen LogP contribution >= 0.6 is 22.6 Å². The molecular formula is C11H9IN2O2. The quantitative estimate of drug-likeness (QED) is 0.788. The summed E-state index contributed by atoms with van der Waals surface area (Å²) in [6.45, 7) is 1.95. The van der Waals surface area contributed by atoms with Crippen molar-refractivity contribution in [1.29, 1.82) is 0 Å². The van der Waals surface area contributed by atoms with Crippen molar-refractivity contribution in [1.82, 2.24) is 9.97 Å². The van der Waals surface area contributed by atoms with E-state index in [9.17, 15) is 9.90 Å². The Morgan fingerprint density at radius 3 is 2.81 bits per heavy atom. The zero-order valence-electron chi connectivity index (χ0n) is 8.49. The fourth-order valence-electron chi connectivity index (χ4n) is 1.38. The van der Waals surface area contributed by atoms with E-state index in [2.05, 4.69) is 9.97 Å². The Labute approximate surface area is 106 Å². The summed E-state index contributed by atoms with van der Waals surface area (Å²) in [6, 6.07) is 7.55. The molecule has 1 aromatic carbocycles. The molecule has 0 aliphatic carbocycles. The van der Waals surface area contributed by atoms with Crippen molar-refractivity contribution in [2.45, 2.75) is 6.92 Å². The van der Waals surface area contributed by atoms with E-state index in [4.69, 9.17) is 0 Å². The standard InChI is InChI=1S/C11H9IN2O2/c1-6-3-2-4-7(5-6)9-13-10(15)8(12)11(16)14-9/h2-5H,1H3,(H2,13,14,15,16). The van der Waals surface area contributed by atoms with Crippen molar-refractivity contribution >= 4 is 22.6 Å². The maximum absolute atomic E-state index is 11.5. The fourth-order valence-corrected chi connectivity index (χ4v) is 1.63. The van der Waals surface area contributed by atoms with E-state index < -0.39 is 0 Å². The molecule has 16 heavy (non-hydrogen) atoms. The Hall–Kier alpha value is -1.37. The number of H-pyrrole nitrogens is 1. The molecule has 4 nitrogen and oxygen atoms in total. The van der Waals surface area contributed by atoms with Gasteiger partial charge in [0.1, 0.15) is 9.39 Å². The molecule has 0 spiro atoms. The minimum absolute atomic E-state index is 0.203. The van der Waals surface area contributed by atoms with Gasteiger partial charge in [0.05, 0.1) is 0 Å². The minimum Gasteiger partial charge on any atom is -0.492 e. The monoisotopic (exact) mass is 328 g/mol. The lowest BCUT2D eigenvalue weighted by atomic mass is 10.1. The third-order valence-corrected chi connectivity index (χ3v) is 3.11. The molecule has 2 N–H and O–H groups in total. The lowest BCUT2D eigenvalue weighted by molar-refractivity contribution is 0.447. The maximum atomic E-state index is 11.5. The Balaban J connectivity index is 2.61. The summed E-state index contributed by atoms with van der Waals surface area (Å²) < 4.78 is 0.203. The number of benzene rings is 1. The molecule has 0 saturated heterocycles. The highest BCUT2D eigenvalue weighted by Crippen LogP contribution is 2.19. The van der Waals surface area contributed by atoms with Gasteiger partial charge in [-0.2, -0.15) is 4.98 Å². The molecular weight excluding hydrogens is 319 g/mol. The summed E-state index contributed by atoms with van der Waals surface area (Å²) in [4.78, 5) is 18.0. The van der Waals surface area contributed by atoms with Crippen LogP contribution < -0.4 is 5.56 Å². The van der Waals surface area contributed by atoms with Crippen LogP contribution in [0.3, 0.4) is 0 Å². The zero-order chi connectivity index (χ0) is 11.7. The first kappa shape index (κ1) is 11.1. The van der Waals surface area contributed by atoms with Crippen LogP contribution in [-0.4, -0.2) is 15.1 Å². The summed E-state index contributed by atoms with van der Waals surface area (Å²) in [5.74, 6) is 0.146. The van der Waals surface area contributed by atoms with Crippen LogP contribution in [0.5, 0.6) is 5.88 Å².